The summed E-state index contributed by atoms with van der Waals surface area (Å²) < 4.78 is 0. The molecule has 0 spiro atoms. The Kier molecular flexibility index (Phi) is 4.68. The third-order valence-electron chi connectivity index (χ3n) is 3.07. The average Bonchev–Trinajstić information content (AvgIpc) is 2.48. The number of aromatic carboxylic acids is 1. The van der Waals surface area contributed by atoms with Crippen molar-refractivity contribution in [3.8, 4) is 0 Å². The van der Waals surface area contributed by atoms with Crippen LogP contribution in [0.3, 0.4) is 0 Å². The first-order chi connectivity index (χ1) is 10.1. The van der Waals surface area contributed by atoms with E-state index in [4.69, 9.17) is 10.8 Å². The van der Waals surface area contributed by atoms with Crippen molar-refractivity contribution in [3.05, 3.63) is 65.2 Å². The molecule has 0 heterocycles. The summed E-state index contributed by atoms with van der Waals surface area (Å²) in [7, 11) is 0. The van der Waals surface area contributed by atoms with Gasteiger partial charge in [-0.2, -0.15) is 0 Å². The number of carbonyl (C=O) groups excluding carboxylic acids is 1. The molecule has 0 aliphatic carbocycles. The molecule has 0 unspecified atom stereocenters. The van der Waals surface area contributed by atoms with Crippen LogP contribution in [0.5, 0.6) is 0 Å². The second-order valence-electron chi connectivity index (χ2n) is 4.53. The van der Waals surface area contributed by atoms with Gasteiger partial charge in [0.05, 0.1) is 5.56 Å². The van der Waals surface area contributed by atoms with E-state index in [1.807, 2.05) is 12.1 Å². The Hall–Kier alpha value is -2.66. The van der Waals surface area contributed by atoms with Crippen LogP contribution in [-0.4, -0.2) is 23.5 Å². The fraction of sp³-hybridized carbons (Fsp3) is 0.125. The van der Waals surface area contributed by atoms with Gasteiger partial charge in [0.25, 0.3) is 5.91 Å². The van der Waals surface area contributed by atoms with Crippen molar-refractivity contribution >= 4 is 17.6 Å². The molecule has 0 saturated heterocycles. The summed E-state index contributed by atoms with van der Waals surface area (Å²) in [4.78, 5) is 23.0. The molecule has 0 atom stereocenters. The minimum Gasteiger partial charge on any atom is -0.478 e. The number of nitrogens with one attached hydrogen (secondary N) is 1. The molecule has 0 saturated carbocycles. The van der Waals surface area contributed by atoms with Crippen molar-refractivity contribution in [2.75, 3.05) is 11.9 Å². The highest BCUT2D eigenvalue weighted by molar-refractivity contribution is 6.05. The molecule has 0 fully saturated rings. The molecule has 0 aliphatic rings. The van der Waals surface area contributed by atoms with E-state index in [1.165, 1.54) is 12.1 Å². The quantitative estimate of drug-likeness (QED) is 0.784. The molecule has 2 aromatic carbocycles. The lowest BCUT2D eigenvalue weighted by Crippen LogP contribution is -2.16. The number of nitrogens with two attached hydrogens (primary N) is 1. The summed E-state index contributed by atoms with van der Waals surface area (Å²) in [5, 5.41) is 11.6. The lowest BCUT2D eigenvalue weighted by Gasteiger charge is -2.09. The van der Waals surface area contributed by atoms with E-state index in [0.29, 0.717) is 24.2 Å². The van der Waals surface area contributed by atoms with Crippen molar-refractivity contribution in [1.82, 2.24) is 0 Å². The molecular formula is C16H16N2O3. The first kappa shape index (κ1) is 14.7. The molecule has 1 amide bonds. The fourth-order valence-corrected chi connectivity index (χ4v) is 2.01. The number of benzene rings is 2. The second kappa shape index (κ2) is 6.67. The van der Waals surface area contributed by atoms with Gasteiger partial charge in [-0.3, -0.25) is 4.79 Å². The maximum absolute atomic E-state index is 12.3. The highest BCUT2D eigenvalue weighted by Crippen LogP contribution is 2.14. The topological polar surface area (TPSA) is 92.4 Å². The van der Waals surface area contributed by atoms with Crippen molar-refractivity contribution in [2.24, 2.45) is 5.73 Å². The molecule has 2 rings (SSSR count). The number of rotatable bonds is 5. The van der Waals surface area contributed by atoms with E-state index in [9.17, 15) is 9.59 Å². The lowest BCUT2D eigenvalue weighted by molar-refractivity contribution is 0.0696. The molecule has 4 N–H and O–H groups in total. The molecule has 5 heteroatoms. The Morgan fingerprint density at radius 3 is 2.33 bits per heavy atom. The molecule has 0 aromatic heterocycles. The largest absolute Gasteiger partial charge is 0.478 e. The smallest absolute Gasteiger partial charge is 0.335 e. The van der Waals surface area contributed by atoms with Crippen molar-refractivity contribution < 1.29 is 14.7 Å². The monoisotopic (exact) mass is 284 g/mol. The van der Waals surface area contributed by atoms with E-state index < -0.39 is 5.97 Å². The molecular weight excluding hydrogens is 268 g/mol. The van der Waals surface area contributed by atoms with Crippen LogP contribution in [0.2, 0.25) is 0 Å². The molecule has 21 heavy (non-hydrogen) atoms. The Bertz CT molecular complexity index is 651. The molecule has 0 radical (unpaired) electrons. The minimum atomic E-state index is -0.999. The summed E-state index contributed by atoms with van der Waals surface area (Å²) in [6.07, 6.45) is 0.627. The van der Waals surface area contributed by atoms with Crippen LogP contribution < -0.4 is 11.1 Å². The van der Waals surface area contributed by atoms with E-state index in [0.717, 1.165) is 5.56 Å². The van der Waals surface area contributed by atoms with Crippen LogP contribution in [-0.2, 0) is 6.42 Å². The van der Waals surface area contributed by atoms with E-state index in [1.54, 1.807) is 24.3 Å². The van der Waals surface area contributed by atoms with Gasteiger partial charge >= 0.3 is 5.97 Å². The van der Waals surface area contributed by atoms with Crippen molar-refractivity contribution in [1.29, 1.82) is 0 Å². The zero-order valence-electron chi connectivity index (χ0n) is 11.4. The number of hydrogen-bond donors (Lipinski definition) is 3. The van der Waals surface area contributed by atoms with E-state index in [2.05, 4.69) is 5.32 Å². The van der Waals surface area contributed by atoms with Gasteiger partial charge in [0.2, 0.25) is 0 Å². The van der Waals surface area contributed by atoms with E-state index >= 15 is 0 Å². The summed E-state index contributed by atoms with van der Waals surface area (Å²) in [6.45, 7) is 0.470. The Labute approximate surface area is 122 Å². The number of carboxylic acids is 1. The molecule has 0 aliphatic heterocycles. The summed E-state index contributed by atoms with van der Waals surface area (Å²) in [5.41, 5.74) is 7.73. The van der Waals surface area contributed by atoms with Crippen LogP contribution in [0.4, 0.5) is 5.69 Å². The SMILES string of the molecule is NCCc1ccccc1C(=O)Nc1ccc(C(=O)O)cc1. The molecule has 0 bridgehead atoms. The number of hydrogen-bond acceptors (Lipinski definition) is 3. The standard InChI is InChI=1S/C16H16N2O3/c17-10-9-11-3-1-2-4-14(11)15(19)18-13-7-5-12(6-8-13)16(20)21/h1-8H,9-10,17H2,(H,18,19)(H,20,21). The van der Waals surface area contributed by atoms with Crippen molar-refractivity contribution in [3.63, 3.8) is 0 Å². The number of amides is 1. The first-order valence-corrected chi connectivity index (χ1v) is 6.54. The second-order valence-corrected chi connectivity index (χ2v) is 4.53. The maximum Gasteiger partial charge on any atom is 0.335 e. The summed E-state index contributed by atoms with van der Waals surface area (Å²) in [5.74, 6) is -1.23. The lowest BCUT2D eigenvalue weighted by atomic mass is 10.0. The maximum atomic E-state index is 12.3. The summed E-state index contributed by atoms with van der Waals surface area (Å²) >= 11 is 0. The highest BCUT2D eigenvalue weighted by Gasteiger charge is 2.11. The van der Waals surface area contributed by atoms with Gasteiger partial charge in [-0.1, -0.05) is 18.2 Å². The van der Waals surface area contributed by atoms with Gasteiger partial charge in [-0.15, -0.1) is 0 Å². The zero-order chi connectivity index (χ0) is 15.2. The summed E-state index contributed by atoms with van der Waals surface area (Å²) in [6, 6.07) is 13.3. The molecule has 108 valence electrons. The Morgan fingerprint density at radius 2 is 1.71 bits per heavy atom. The Morgan fingerprint density at radius 1 is 1.05 bits per heavy atom. The van der Waals surface area contributed by atoms with Gasteiger partial charge in [0, 0.05) is 11.3 Å². The van der Waals surface area contributed by atoms with Gasteiger partial charge in [-0.25, -0.2) is 4.79 Å². The van der Waals surface area contributed by atoms with Crippen molar-refractivity contribution in [2.45, 2.75) is 6.42 Å². The predicted molar refractivity (Wildman–Crippen MR) is 80.6 cm³/mol. The fourth-order valence-electron chi connectivity index (χ4n) is 2.01. The normalized spacial score (nSPS) is 10.1. The average molecular weight is 284 g/mol. The number of carbonyl (C=O) groups is 2. The molecule has 5 nitrogen and oxygen atoms in total. The minimum absolute atomic E-state index is 0.177. The van der Waals surface area contributed by atoms with Crippen LogP contribution in [0.25, 0.3) is 0 Å². The first-order valence-electron chi connectivity index (χ1n) is 6.54. The van der Waals surface area contributed by atoms with Crippen LogP contribution in [0, 0.1) is 0 Å². The van der Waals surface area contributed by atoms with Gasteiger partial charge in [-0.05, 0) is 48.9 Å². The third kappa shape index (κ3) is 3.67. The number of anilines is 1. The number of carboxylic acid groups (broad SMARTS) is 1. The Balaban J connectivity index is 2.16. The third-order valence-corrected chi connectivity index (χ3v) is 3.07. The zero-order valence-corrected chi connectivity index (χ0v) is 11.4. The van der Waals surface area contributed by atoms with Crippen LogP contribution in [0.1, 0.15) is 26.3 Å². The van der Waals surface area contributed by atoms with Gasteiger partial charge < -0.3 is 16.2 Å². The van der Waals surface area contributed by atoms with E-state index in [-0.39, 0.29) is 11.5 Å². The van der Waals surface area contributed by atoms with Gasteiger partial charge in [0.1, 0.15) is 0 Å². The highest BCUT2D eigenvalue weighted by atomic mass is 16.4. The predicted octanol–water partition coefficient (Wildman–Crippen LogP) is 2.14. The van der Waals surface area contributed by atoms with Crippen LogP contribution in [0.15, 0.2) is 48.5 Å². The van der Waals surface area contributed by atoms with Gasteiger partial charge in [0.15, 0.2) is 0 Å². The van der Waals surface area contributed by atoms with Crippen LogP contribution >= 0.6 is 0 Å². The molecule has 2 aromatic rings.